The molecular weight excluding hydrogens is 370 g/mol. The van der Waals surface area contributed by atoms with Gasteiger partial charge in [0.1, 0.15) is 0 Å². The molecular formula is C26H41N3O. The van der Waals surface area contributed by atoms with Gasteiger partial charge < -0.3 is 11.5 Å². The zero-order valence-electron chi connectivity index (χ0n) is 18.8. The van der Waals surface area contributed by atoms with Crippen LogP contribution in [-0.2, 0) is 4.84 Å². The summed E-state index contributed by atoms with van der Waals surface area (Å²) in [6, 6.07) is 15.6. The maximum atomic E-state index is 6.20. The van der Waals surface area contributed by atoms with Gasteiger partial charge in [-0.2, -0.15) is 0 Å². The fourth-order valence-corrected chi connectivity index (χ4v) is 3.70. The van der Waals surface area contributed by atoms with Crippen molar-refractivity contribution in [2.75, 3.05) is 23.1 Å². The van der Waals surface area contributed by atoms with Gasteiger partial charge in [0.25, 0.3) is 0 Å². The molecule has 2 aromatic rings. The Morgan fingerprint density at radius 1 is 0.700 bits per heavy atom. The van der Waals surface area contributed by atoms with E-state index in [1.54, 1.807) is 6.07 Å². The first-order valence-electron chi connectivity index (χ1n) is 11.9. The summed E-state index contributed by atoms with van der Waals surface area (Å²) in [6.07, 6.45) is 16.0. The van der Waals surface area contributed by atoms with Gasteiger partial charge in [-0.1, -0.05) is 95.8 Å². The van der Waals surface area contributed by atoms with Crippen LogP contribution in [0, 0.1) is 0 Å². The Hall–Kier alpha value is -2.20. The molecule has 0 unspecified atom stereocenters. The second kappa shape index (κ2) is 14.7. The molecule has 166 valence electrons. The highest BCUT2D eigenvalue weighted by Crippen LogP contribution is 2.32. The number of nitrogens with two attached hydrogens (primary N) is 2. The maximum absolute atomic E-state index is 6.20. The lowest BCUT2D eigenvalue weighted by molar-refractivity contribution is 0.131. The molecule has 2 rings (SSSR count). The minimum Gasteiger partial charge on any atom is -0.399 e. The molecule has 0 saturated heterocycles. The third kappa shape index (κ3) is 9.08. The van der Waals surface area contributed by atoms with Crippen molar-refractivity contribution in [2.45, 2.75) is 84.0 Å². The predicted octanol–water partition coefficient (Wildman–Crippen LogP) is 7.62. The van der Waals surface area contributed by atoms with Crippen LogP contribution in [0.15, 0.2) is 48.5 Å². The Morgan fingerprint density at radius 3 is 1.83 bits per heavy atom. The van der Waals surface area contributed by atoms with Crippen LogP contribution in [0.2, 0.25) is 0 Å². The quantitative estimate of drug-likeness (QED) is 0.169. The van der Waals surface area contributed by atoms with Crippen molar-refractivity contribution < 1.29 is 4.84 Å². The van der Waals surface area contributed by atoms with E-state index >= 15 is 0 Å². The topological polar surface area (TPSA) is 64.5 Å². The minimum absolute atomic E-state index is 0.619. The van der Waals surface area contributed by atoms with Gasteiger partial charge in [0.05, 0.1) is 23.7 Å². The van der Waals surface area contributed by atoms with Crippen molar-refractivity contribution in [1.82, 2.24) is 0 Å². The summed E-state index contributed by atoms with van der Waals surface area (Å²) in [6.45, 7) is 2.95. The molecule has 0 bridgehead atoms. The third-order valence-electron chi connectivity index (χ3n) is 5.48. The van der Waals surface area contributed by atoms with E-state index in [1.165, 1.54) is 70.6 Å². The Kier molecular flexibility index (Phi) is 11.8. The van der Waals surface area contributed by atoms with Crippen LogP contribution in [0.25, 0.3) is 0 Å². The summed E-state index contributed by atoms with van der Waals surface area (Å²) in [5, 5.41) is 1.83. The molecule has 0 amide bonds. The number of anilines is 4. The summed E-state index contributed by atoms with van der Waals surface area (Å²) in [5.41, 5.74) is 15.1. The molecule has 0 aliphatic heterocycles. The van der Waals surface area contributed by atoms with E-state index in [-0.39, 0.29) is 0 Å². The molecule has 0 radical (unpaired) electrons. The van der Waals surface area contributed by atoms with Crippen molar-refractivity contribution in [1.29, 1.82) is 0 Å². The van der Waals surface area contributed by atoms with Gasteiger partial charge in [-0.15, -0.1) is 0 Å². The lowest BCUT2D eigenvalue weighted by atomic mass is 10.1. The van der Waals surface area contributed by atoms with E-state index in [1.807, 2.05) is 47.5 Å². The highest BCUT2D eigenvalue weighted by atomic mass is 16.7. The van der Waals surface area contributed by atoms with Gasteiger partial charge in [0, 0.05) is 5.69 Å². The number of nitrogens with zero attached hydrogens (tertiary/aromatic N) is 1. The van der Waals surface area contributed by atoms with Gasteiger partial charge in [-0.3, -0.25) is 4.84 Å². The van der Waals surface area contributed by atoms with Crippen LogP contribution < -0.4 is 16.5 Å². The second-order valence-electron chi connectivity index (χ2n) is 8.17. The number of hydrogen-bond acceptors (Lipinski definition) is 4. The van der Waals surface area contributed by atoms with Gasteiger partial charge >= 0.3 is 0 Å². The molecule has 0 fully saturated rings. The molecule has 0 heterocycles. The number of nitrogen functional groups attached to an aromatic ring is 2. The molecule has 0 atom stereocenters. The third-order valence-corrected chi connectivity index (χ3v) is 5.48. The molecule has 0 aliphatic rings. The largest absolute Gasteiger partial charge is 0.399 e. The Labute approximate surface area is 183 Å². The molecule has 0 spiro atoms. The Morgan fingerprint density at radius 2 is 1.27 bits per heavy atom. The summed E-state index contributed by atoms with van der Waals surface area (Å²) in [5.74, 6) is 0. The van der Waals surface area contributed by atoms with Crippen molar-refractivity contribution in [2.24, 2.45) is 0 Å². The molecule has 0 aromatic heterocycles. The van der Waals surface area contributed by atoms with Crippen molar-refractivity contribution in [3.8, 4) is 0 Å². The van der Waals surface area contributed by atoms with Gasteiger partial charge in [0.2, 0.25) is 0 Å². The lowest BCUT2D eigenvalue weighted by Crippen LogP contribution is -2.19. The van der Waals surface area contributed by atoms with Crippen LogP contribution in [0.4, 0.5) is 22.7 Å². The normalized spacial score (nSPS) is 11.0. The summed E-state index contributed by atoms with van der Waals surface area (Å²) < 4.78 is 0. The first-order chi connectivity index (χ1) is 14.7. The molecule has 4 heteroatoms. The lowest BCUT2D eigenvalue weighted by Gasteiger charge is -2.25. The fraction of sp³-hybridized carbons (Fsp3) is 0.538. The minimum atomic E-state index is 0.619. The number of hydrogen-bond donors (Lipinski definition) is 2. The van der Waals surface area contributed by atoms with Crippen LogP contribution in [-0.4, -0.2) is 6.61 Å². The van der Waals surface area contributed by atoms with Crippen LogP contribution in [0.1, 0.15) is 84.0 Å². The average Bonchev–Trinajstić information content (AvgIpc) is 2.75. The molecule has 4 nitrogen and oxygen atoms in total. The van der Waals surface area contributed by atoms with Crippen LogP contribution in [0.5, 0.6) is 0 Å². The van der Waals surface area contributed by atoms with Gasteiger partial charge in [-0.25, -0.2) is 5.06 Å². The van der Waals surface area contributed by atoms with Crippen LogP contribution >= 0.6 is 0 Å². The van der Waals surface area contributed by atoms with Crippen LogP contribution in [0.3, 0.4) is 0 Å². The highest BCUT2D eigenvalue weighted by molar-refractivity contribution is 5.75. The number of rotatable bonds is 16. The second-order valence-corrected chi connectivity index (χ2v) is 8.17. The standard InChI is InChI=1S/C26H41N3O/c1-2-3-4-5-6-7-8-9-10-11-12-16-21-30-29(24-17-14-13-15-18-24)26-20-19-23(27)22-25(26)28/h13-15,17-20,22H,2-12,16,21,27-28H2,1H3. The summed E-state index contributed by atoms with van der Waals surface area (Å²) in [7, 11) is 0. The van der Waals surface area contributed by atoms with E-state index in [2.05, 4.69) is 6.92 Å². The Balaban J connectivity index is 1.66. The fourth-order valence-electron chi connectivity index (χ4n) is 3.70. The smallest absolute Gasteiger partial charge is 0.0926 e. The zero-order chi connectivity index (χ0) is 21.4. The van der Waals surface area contributed by atoms with E-state index < -0.39 is 0 Å². The molecule has 0 saturated carbocycles. The van der Waals surface area contributed by atoms with E-state index in [0.29, 0.717) is 18.0 Å². The van der Waals surface area contributed by atoms with Crippen molar-refractivity contribution >= 4 is 22.7 Å². The molecule has 4 N–H and O–H groups in total. The first kappa shape index (κ1) is 24.1. The van der Waals surface area contributed by atoms with E-state index in [4.69, 9.17) is 16.3 Å². The predicted molar refractivity (Wildman–Crippen MR) is 131 cm³/mol. The molecule has 0 aliphatic carbocycles. The maximum Gasteiger partial charge on any atom is 0.0926 e. The molecule has 2 aromatic carbocycles. The van der Waals surface area contributed by atoms with Gasteiger partial charge in [-0.05, 0) is 36.8 Å². The monoisotopic (exact) mass is 411 g/mol. The number of para-hydroxylation sites is 1. The Bertz CT molecular complexity index is 690. The highest BCUT2D eigenvalue weighted by Gasteiger charge is 2.13. The summed E-state index contributed by atoms with van der Waals surface area (Å²) in [4.78, 5) is 6.14. The zero-order valence-corrected chi connectivity index (χ0v) is 18.8. The average molecular weight is 412 g/mol. The van der Waals surface area contributed by atoms with Crippen molar-refractivity contribution in [3.63, 3.8) is 0 Å². The SMILES string of the molecule is CCCCCCCCCCCCCCON(c1ccccc1)c1ccc(N)cc1N. The summed E-state index contributed by atoms with van der Waals surface area (Å²) >= 11 is 0. The number of unbranched alkanes of at least 4 members (excludes halogenated alkanes) is 11. The molecule has 30 heavy (non-hydrogen) atoms. The van der Waals surface area contributed by atoms with E-state index in [0.717, 1.165) is 17.8 Å². The van der Waals surface area contributed by atoms with Crippen molar-refractivity contribution in [3.05, 3.63) is 48.5 Å². The van der Waals surface area contributed by atoms with E-state index in [9.17, 15) is 0 Å². The first-order valence-corrected chi connectivity index (χ1v) is 11.9. The number of benzene rings is 2. The van der Waals surface area contributed by atoms with Gasteiger partial charge in [0.15, 0.2) is 0 Å².